The minimum atomic E-state index is -0.0330. The lowest BCUT2D eigenvalue weighted by Gasteiger charge is -2.21. The minimum absolute atomic E-state index is 0.0263. The molecule has 0 N–H and O–H groups in total. The van der Waals surface area contributed by atoms with Gasteiger partial charge in [0.05, 0.1) is 0 Å². The van der Waals surface area contributed by atoms with Gasteiger partial charge in [-0.25, -0.2) is 4.98 Å². The van der Waals surface area contributed by atoms with Crippen LogP contribution >= 0.6 is 23.4 Å². The van der Waals surface area contributed by atoms with Crippen molar-refractivity contribution in [2.45, 2.75) is 16.8 Å². The van der Waals surface area contributed by atoms with Crippen molar-refractivity contribution in [1.29, 1.82) is 0 Å². The molecule has 132 valence electrons. The van der Waals surface area contributed by atoms with Gasteiger partial charge in [-0.3, -0.25) is 4.79 Å². The predicted molar refractivity (Wildman–Crippen MR) is 108 cm³/mol. The summed E-state index contributed by atoms with van der Waals surface area (Å²) in [5.74, 6) is 0.510. The van der Waals surface area contributed by atoms with Gasteiger partial charge < -0.3 is 0 Å². The average Bonchev–Trinajstić information content (AvgIpc) is 3.13. The highest BCUT2D eigenvalue weighted by molar-refractivity contribution is 7.99. The first-order chi connectivity index (χ1) is 13.2. The molecule has 0 spiro atoms. The smallest absolute Gasteiger partial charge is 0.250 e. The molecular weight excluding hydrogens is 378 g/mol. The fourth-order valence-corrected chi connectivity index (χ4v) is 4.70. The van der Waals surface area contributed by atoms with Gasteiger partial charge in [-0.1, -0.05) is 65.8 Å². The zero-order chi connectivity index (χ0) is 18.4. The first-order valence-corrected chi connectivity index (χ1v) is 9.85. The highest BCUT2D eigenvalue weighted by atomic mass is 35.5. The Balaban J connectivity index is 1.54. The van der Waals surface area contributed by atoms with Crippen LogP contribution in [0.3, 0.4) is 0 Å². The van der Waals surface area contributed by atoms with E-state index in [1.54, 1.807) is 23.9 Å². The molecule has 4 nitrogen and oxygen atoms in total. The number of fused-ring (bicyclic) bond motifs is 2. The summed E-state index contributed by atoms with van der Waals surface area (Å²) >= 11 is 7.54. The number of carbonyl (C=O) groups is 1. The van der Waals surface area contributed by atoms with E-state index in [-0.39, 0.29) is 11.2 Å². The Kier molecular flexibility index (Phi) is 3.99. The summed E-state index contributed by atoms with van der Waals surface area (Å²) in [5.41, 5.74) is 2.00. The molecule has 0 aliphatic carbocycles. The lowest BCUT2D eigenvalue weighted by atomic mass is 10.0. The molecule has 0 unspecified atom stereocenters. The Labute approximate surface area is 165 Å². The van der Waals surface area contributed by atoms with Crippen molar-refractivity contribution >= 4 is 40.0 Å². The summed E-state index contributed by atoms with van der Waals surface area (Å²) in [5, 5.41) is 8.09. The normalized spacial score (nSPS) is 16.5. The van der Waals surface area contributed by atoms with Crippen LogP contribution in [-0.2, 0) is 0 Å². The van der Waals surface area contributed by atoms with Gasteiger partial charge in [0.15, 0.2) is 11.0 Å². The first kappa shape index (κ1) is 16.5. The van der Waals surface area contributed by atoms with Crippen molar-refractivity contribution in [2.24, 2.45) is 0 Å². The fourth-order valence-electron chi connectivity index (χ4n) is 3.38. The van der Waals surface area contributed by atoms with Gasteiger partial charge in [0.1, 0.15) is 0 Å². The molecular formula is C21H14ClN3OS. The molecule has 0 amide bonds. The molecule has 6 heteroatoms. The number of aromatic nitrogens is 3. The molecule has 2 heterocycles. The summed E-state index contributed by atoms with van der Waals surface area (Å²) in [6.45, 7) is 0. The minimum Gasteiger partial charge on any atom is -0.272 e. The number of hydrogen-bond acceptors (Lipinski definition) is 4. The van der Waals surface area contributed by atoms with Crippen molar-refractivity contribution in [3.05, 3.63) is 77.3 Å². The third-order valence-electron chi connectivity index (χ3n) is 4.69. The van der Waals surface area contributed by atoms with Crippen molar-refractivity contribution in [3.8, 4) is 11.4 Å². The first-order valence-electron chi connectivity index (χ1n) is 8.59. The molecule has 0 radical (unpaired) electrons. The quantitative estimate of drug-likeness (QED) is 0.444. The molecule has 0 fully saturated rings. The number of halogens is 1. The molecule has 5 rings (SSSR count). The van der Waals surface area contributed by atoms with Gasteiger partial charge in [-0.2, -0.15) is 4.68 Å². The van der Waals surface area contributed by atoms with E-state index in [1.807, 2.05) is 30.3 Å². The van der Waals surface area contributed by atoms with Crippen molar-refractivity contribution in [1.82, 2.24) is 14.8 Å². The monoisotopic (exact) mass is 391 g/mol. The lowest BCUT2D eigenvalue weighted by Crippen LogP contribution is -2.21. The van der Waals surface area contributed by atoms with Crippen molar-refractivity contribution in [3.63, 3.8) is 0 Å². The highest BCUT2D eigenvalue weighted by Gasteiger charge is 2.30. The highest BCUT2D eigenvalue weighted by Crippen LogP contribution is 2.43. The third kappa shape index (κ3) is 2.93. The maximum atomic E-state index is 12.7. The number of rotatable bonds is 2. The molecule has 0 bridgehead atoms. The van der Waals surface area contributed by atoms with Crippen LogP contribution < -0.4 is 0 Å². The standard InChI is InChI=1S/C21H14ClN3OS/c22-15-10-8-14(9-11-15)20-23-21-25(24-20)19(26)12-18(27-21)17-7-3-5-13-4-1-2-6-16(13)17/h1-11,18H,12H2/t18-/m1/s1. The maximum absolute atomic E-state index is 12.7. The number of hydrogen-bond donors (Lipinski definition) is 0. The Morgan fingerprint density at radius 1 is 1.00 bits per heavy atom. The SMILES string of the molecule is O=C1C[C@H](c2cccc3ccccc23)Sc2nc(-c3ccc(Cl)cc3)nn21. The molecule has 0 saturated carbocycles. The van der Waals surface area contributed by atoms with Gasteiger partial charge in [0.25, 0.3) is 5.91 Å². The molecule has 1 aliphatic heterocycles. The van der Waals surface area contributed by atoms with Crippen LogP contribution in [0.25, 0.3) is 22.2 Å². The molecule has 1 aromatic heterocycles. The van der Waals surface area contributed by atoms with E-state index in [1.165, 1.54) is 15.5 Å². The summed E-state index contributed by atoms with van der Waals surface area (Å²) in [7, 11) is 0. The zero-order valence-electron chi connectivity index (χ0n) is 14.2. The van der Waals surface area contributed by atoms with E-state index in [0.29, 0.717) is 22.4 Å². The van der Waals surface area contributed by atoms with E-state index < -0.39 is 0 Å². The average molecular weight is 392 g/mol. The Hall–Kier alpha value is -2.63. The lowest BCUT2D eigenvalue weighted by molar-refractivity contribution is 0.0868. The van der Waals surface area contributed by atoms with Gasteiger partial charge in [0.2, 0.25) is 0 Å². The van der Waals surface area contributed by atoms with Crippen LogP contribution in [0, 0.1) is 0 Å². The summed E-state index contributed by atoms with van der Waals surface area (Å²) < 4.78 is 1.43. The van der Waals surface area contributed by atoms with Gasteiger partial charge in [-0.05, 0) is 40.6 Å². The second-order valence-electron chi connectivity index (χ2n) is 6.41. The van der Waals surface area contributed by atoms with E-state index in [9.17, 15) is 4.79 Å². The summed E-state index contributed by atoms with van der Waals surface area (Å²) in [4.78, 5) is 17.3. The van der Waals surface area contributed by atoms with E-state index in [0.717, 1.165) is 11.1 Å². The zero-order valence-corrected chi connectivity index (χ0v) is 15.7. The van der Waals surface area contributed by atoms with E-state index >= 15 is 0 Å². The molecule has 3 aromatic carbocycles. The summed E-state index contributed by atoms with van der Waals surface area (Å²) in [6.07, 6.45) is 0.398. The maximum Gasteiger partial charge on any atom is 0.250 e. The fraction of sp³-hybridized carbons (Fsp3) is 0.0952. The Morgan fingerprint density at radius 2 is 1.78 bits per heavy atom. The predicted octanol–water partition coefficient (Wildman–Crippen LogP) is 5.63. The van der Waals surface area contributed by atoms with Crippen LogP contribution in [0.15, 0.2) is 71.9 Å². The van der Waals surface area contributed by atoms with E-state index in [4.69, 9.17) is 11.6 Å². The molecule has 1 aliphatic rings. The summed E-state index contributed by atoms with van der Waals surface area (Å²) in [6, 6.07) is 21.8. The molecule has 27 heavy (non-hydrogen) atoms. The number of nitrogens with zero attached hydrogens (tertiary/aromatic N) is 3. The second-order valence-corrected chi connectivity index (χ2v) is 8.02. The number of thioether (sulfide) groups is 1. The Morgan fingerprint density at radius 3 is 2.63 bits per heavy atom. The van der Waals surface area contributed by atoms with Crippen LogP contribution in [0.5, 0.6) is 0 Å². The van der Waals surface area contributed by atoms with Crippen molar-refractivity contribution < 1.29 is 4.79 Å². The van der Waals surface area contributed by atoms with E-state index in [2.05, 4.69) is 34.3 Å². The largest absolute Gasteiger partial charge is 0.272 e. The topological polar surface area (TPSA) is 47.8 Å². The van der Waals surface area contributed by atoms with Crippen LogP contribution in [0.2, 0.25) is 5.02 Å². The molecule has 1 atom stereocenters. The van der Waals surface area contributed by atoms with Gasteiger partial charge in [0, 0.05) is 22.3 Å². The third-order valence-corrected chi connectivity index (χ3v) is 6.13. The van der Waals surface area contributed by atoms with Crippen LogP contribution in [0.4, 0.5) is 0 Å². The Bertz CT molecular complexity index is 1160. The molecule has 0 saturated heterocycles. The number of carbonyl (C=O) groups excluding carboxylic acids is 1. The molecule has 4 aromatic rings. The number of benzene rings is 3. The van der Waals surface area contributed by atoms with Gasteiger partial charge in [-0.15, -0.1) is 5.10 Å². The second kappa shape index (κ2) is 6.51. The van der Waals surface area contributed by atoms with Gasteiger partial charge >= 0.3 is 0 Å². The van der Waals surface area contributed by atoms with Crippen LogP contribution in [0.1, 0.15) is 22.0 Å². The van der Waals surface area contributed by atoms with Crippen LogP contribution in [-0.4, -0.2) is 20.7 Å². The van der Waals surface area contributed by atoms with Crippen molar-refractivity contribution in [2.75, 3.05) is 0 Å².